The molecule has 0 saturated carbocycles. The summed E-state index contributed by atoms with van der Waals surface area (Å²) in [5, 5.41) is 2.72. The minimum atomic E-state index is -0.557. The summed E-state index contributed by atoms with van der Waals surface area (Å²) in [6.45, 7) is 4.11. The zero-order valence-corrected chi connectivity index (χ0v) is 15.5. The van der Waals surface area contributed by atoms with E-state index in [1.54, 1.807) is 36.4 Å². The molecular weight excluding hydrogens is 346 g/mol. The molecule has 2 rings (SSSR count). The molecule has 0 bridgehead atoms. The predicted octanol–water partition coefficient (Wildman–Crippen LogP) is 2.80. The Kier molecular flexibility index (Phi) is 7.55. The first kappa shape index (κ1) is 20.2. The molecule has 6 heteroatoms. The molecule has 0 saturated heterocycles. The van der Waals surface area contributed by atoms with Crippen LogP contribution >= 0.6 is 0 Å². The second-order valence-corrected chi connectivity index (χ2v) is 5.89. The van der Waals surface area contributed by atoms with Gasteiger partial charge in [-0.05, 0) is 43.2 Å². The van der Waals surface area contributed by atoms with Gasteiger partial charge in [-0.25, -0.2) is 4.79 Å². The van der Waals surface area contributed by atoms with Crippen LogP contribution < -0.4 is 10.1 Å². The van der Waals surface area contributed by atoms with Crippen LogP contribution in [0.25, 0.3) is 0 Å². The molecule has 2 aromatic rings. The SMILES string of the molecule is CCOc1ccc(C(=O)OCC(=O)c2ccc(CCNC(C)=O)cc2)cc1. The van der Waals surface area contributed by atoms with Gasteiger partial charge in [0.2, 0.25) is 5.91 Å². The van der Waals surface area contributed by atoms with Crippen molar-refractivity contribution >= 4 is 17.7 Å². The Labute approximate surface area is 158 Å². The van der Waals surface area contributed by atoms with Crippen LogP contribution in [0, 0.1) is 0 Å². The lowest BCUT2D eigenvalue weighted by atomic mass is 10.1. The third-order valence-electron chi connectivity index (χ3n) is 3.80. The highest BCUT2D eigenvalue weighted by Crippen LogP contribution is 2.13. The maximum absolute atomic E-state index is 12.2. The first-order valence-corrected chi connectivity index (χ1v) is 8.76. The van der Waals surface area contributed by atoms with E-state index < -0.39 is 5.97 Å². The minimum absolute atomic E-state index is 0.0730. The van der Waals surface area contributed by atoms with Gasteiger partial charge >= 0.3 is 5.97 Å². The van der Waals surface area contributed by atoms with E-state index in [1.807, 2.05) is 19.1 Å². The van der Waals surface area contributed by atoms with E-state index in [0.717, 1.165) is 5.56 Å². The molecule has 0 fully saturated rings. The van der Waals surface area contributed by atoms with Crippen molar-refractivity contribution in [3.8, 4) is 5.75 Å². The number of benzene rings is 2. The molecule has 0 aliphatic carbocycles. The summed E-state index contributed by atoms with van der Waals surface area (Å²) in [7, 11) is 0. The molecule has 0 unspecified atom stereocenters. The van der Waals surface area contributed by atoms with Gasteiger partial charge in [0, 0.05) is 19.0 Å². The molecule has 0 aliphatic heterocycles. The summed E-state index contributed by atoms with van der Waals surface area (Å²) in [5.41, 5.74) is 1.84. The number of hydrogen-bond donors (Lipinski definition) is 1. The van der Waals surface area contributed by atoms with Crippen LogP contribution in [0.4, 0.5) is 0 Å². The number of ketones is 1. The fraction of sp³-hybridized carbons (Fsp3) is 0.286. The van der Waals surface area contributed by atoms with Gasteiger partial charge in [0.15, 0.2) is 12.4 Å². The number of ether oxygens (including phenoxy) is 2. The summed E-state index contributed by atoms with van der Waals surface area (Å²) < 4.78 is 10.4. The van der Waals surface area contributed by atoms with E-state index in [0.29, 0.717) is 36.4 Å². The van der Waals surface area contributed by atoms with Gasteiger partial charge in [0.1, 0.15) is 5.75 Å². The fourth-order valence-corrected chi connectivity index (χ4v) is 2.39. The topological polar surface area (TPSA) is 81.7 Å². The number of esters is 1. The summed E-state index contributed by atoms with van der Waals surface area (Å²) in [4.78, 5) is 35.1. The Bertz CT molecular complexity index is 781. The van der Waals surface area contributed by atoms with Gasteiger partial charge in [-0.1, -0.05) is 24.3 Å². The van der Waals surface area contributed by atoms with Crippen molar-refractivity contribution in [1.82, 2.24) is 5.32 Å². The Morgan fingerprint density at radius 3 is 2.15 bits per heavy atom. The number of rotatable bonds is 9. The molecule has 1 N–H and O–H groups in total. The Balaban J connectivity index is 1.83. The third kappa shape index (κ3) is 6.58. The molecule has 27 heavy (non-hydrogen) atoms. The van der Waals surface area contributed by atoms with Crippen molar-refractivity contribution in [1.29, 1.82) is 0 Å². The monoisotopic (exact) mass is 369 g/mol. The second kappa shape index (κ2) is 10.1. The molecule has 0 radical (unpaired) electrons. The van der Waals surface area contributed by atoms with Gasteiger partial charge in [-0.2, -0.15) is 0 Å². The van der Waals surface area contributed by atoms with Crippen molar-refractivity contribution in [2.75, 3.05) is 19.8 Å². The van der Waals surface area contributed by atoms with Crippen molar-refractivity contribution < 1.29 is 23.9 Å². The lowest BCUT2D eigenvalue weighted by Gasteiger charge is -2.07. The molecule has 0 spiro atoms. The molecular formula is C21H23NO5. The van der Waals surface area contributed by atoms with Gasteiger partial charge < -0.3 is 14.8 Å². The minimum Gasteiger partial charge on any atom is -0.494 e. The van der Waals surface area contributed by atoms with E-state index in [9.17, 15) is 14.4 Å². The first-order chi connectivity index (χ1) is 13.0. The van der Waals surface area contributed by atoms with Gasteiger partial charge in [-0.15, -0.1) is 0 Å². The van der Waals surface area contributed by atoms with Crippen LogP contribution in [0.3, 0.4) is 0 Å². The normalized spacial score (nSPS) is 10.1. The first-order valence-electron chi connectivity index (χ1n) is 8.76. The smallest absolute Gasteiger partial charge is 0.338 e. The van der Waals surface area contributed by atoms with Crippen LogP contribution in [-0.2, 0) is 16.0 Å². The number of nitrogens with one attached hydrogen (secondary N) is 1. The zero-order chi connectivity index (χ0) is 19.6. The molecule has 0 aliphatic rings. The Hall–Kier alpha value is -3.15. The molecule has 0 aromatic heterocycles. The number of carbonyl (C=O) groups excluding carboxylic acids is 3. The molecule has 0 atom stereocenters. The highest BCUT2D eigenvalue weighted by molar-refractivity contribution is 5.99. The van der Waals surface area contributed by atoms with E-state index in [1.165, 1.54) is 6.92 Å². The van der Waals surface area contributed by atoms with Crippen molar-refractivity contribution in [3.05, 3.63) is 65.2 Å². The fourth-order valence-electron chi connectivity index (χ4n) is 2.39. The highest BCUT2D eigenvalue weighted by Gasteiger charge is 2.12. The van der Waals surface area contributed by atoms with Crippen LogP contribution in [0.2, 0.25) is 0 Å². The van der Waals surface area contributed by atoms with Crippen LogP contribution in [0.5, 0.6) is 5.75 Å². The molecule has 1 amide bonds. The van der Waals surface area contributed by atoms with Crippen molar-refractivity contribution in [3.63, 3.8) is 0 Å². The summed E-state index contributed by atoms with van der Waals surface area (Å²) in [6, 6.07) is 13.6. The maximum Gasteiger partial charge on any atom is 0.338 e. The largest absolute Gasteiger partial charge is 0.494 e. The van der Waals surface area contributed by atoms with E-state index in [-0.39, 0.29) is 18.3 Å². The van der Waals surface area contributed by atoms with Gasteiger partial charge in [0.05, 0.1) is 12.2 Å². The number of hydrogen-bond acceptors (Lipinski definition) is 5. The van der Waals surface area contributed by atoms with Crippen molar-refractivity contribution in [2.24, 2.45) is 0 Å². The average Bonchev–Trinajstić information content (AvgIpc) is 2.67. The van der Waals surface area contributed by atoms with Crippen molar-refractivity contribution in [2.45, 2.75) is 20.3 Å². The Morgan fingerprint density at radius 2 is 1.56 bits per heavy atom. The van der Waals surface area contributed by atoms with E-state index in [2.05, 4.69) is 5.32 Å². The number of carbonyl (C=O) groups is 3. The summed E-state index contributed by atoms with van der Waals surface area (Å²) in [5.74, 6) is -0.235. The average molecular weight is 369 g/mol. The molecule has 2 aromatic carbocycles. The molecule has 6 nitrogen and oxygen atoms in total. The number of Topliss-reactive ketones (excluding diaryl/α,β-unsaturated/α-hetero) is 1. The molecule has 0 heterocycles. The lowest BCUT2D eigenvalue weighted by molar-refractivity contribution is -0.118. The van der Waals surface area contributed by atoms with E-state index in [4.69, 9.17) is 9.47 Å². The van der Waals surface area contributed by atoms with Gasteiger partial charge in [-0.3, -0.25) is 9.59 Å². The highest BCUT2D eigenvalue weighted by atomic mass is 16.5. The van der Waals surface area contributed by atoms with Gasteiger partial charge in [0.25, 0.3) is 0 Å². The summed E-state index contributed by atoms with van der Waals surface area (Å²) >= 11 is 0. The third-order valence-corrected chi connectivity index (χ3v) is 3.80. The zero-order valence-electron chi connectivity index (χ0n) is 15.5. The van der Waals surface area contributed by atoms with E-state index >= 15 is 0 Å². The molecule has 142 valence electrons. The summed E-state index contributed by atoms with van der Waals surface area (Å²) in [6.07, 6.45) is 0.681. The predicted molar refractivity (Wildman–Crippen MR) is 101 cm³/mol. The quantitative estimate of drug-likeness (QED) is 0.543. The maximum atomic E-state index is 12.2. The van der Waals surface area contributed by atoms with Crippen LogP contribution in [0.15, 0.2) is 48.5 Å². The Morgan fingerprint density at radius 1 is 0.926 bits per heavy atom. The van der Waals surface area contributed by atoms with Crippen LogP contribution in [0.1, 0.15) is 40.1 Å². The second-order valence-electron chi connectivity index (χ2n) is 5.89. The number of amides is 1. The van der Waals surface area contributed by atoms with Crippen LogP contribution in [-0.4, -0.2) is 37.4 Å². The standard InChI is InChI=1S/C21H23NO5/c1-3-26-19-10-8-18(9-11-19)21(25)27-14-20(24)17-6-4-16(5-7-17)12-13-22-15(2)23/h4-11H,3,12-14H2,1-2H3,(H,22,23). The lowest BCUT2D eigenvalue weighted by Crippen LogP contribution is -2.22.